The van der Waals surface area contributed by atoms with E-state index in [1.54, 1.807) is 0 Å². The molecule has 12 heteroatoms. The maximum Gasteiger partial charge on any atom is 2.00 e. The van der Waals surface area contributed by atoms with Gasteiger partial charge in [-0.05, 0) is 6.42 Å². The van der Waals surface area contributed by atoms with Gasteiger partial charge in [-0.15, -0.1) is 6.54 Å². The van der Waals surface area contributed by atoms with E-state index in [9.17, 15) is 14.4 Å². The molecule has 18 heavy (non-hydrogen) atoms. The first-order chi connectivity index (χ1) is 6.71. The van der Waals surface area contributed by atoms with Gasteiger partial charge in [0.2, 0.25) is 0 Å². The van der Waals surface area contributed by atoms with Gasteiger partial charge in [0.25, 0.3) is 7.60 Å². The van der Waals surface area contributed by atoms with E-state index < -0.39 is 20.2 Å². The summed E-state index contributed by atoms with van der Waals surface area (Å²) < 4.78 is 20.3. The molecule has 3 atom stereocenters. The largest absolute Gasteiger partial charge is 2.00 e. The van der Waals surface area contributed by atoms with Gasteiger partial charge in [0.1, 0.15) is 5.02 Å². The van der Waals surface area contributed by atoms with Crippen LogP contribution in [0.2, 0.25) is 0 Å². The maximum atomic E-state index is 11.2. The molecule has 1 aliphatic rings. The van der Waals surface area contributed by atoms with Crippen molar-refractivity contribution >= 4 is 15.2 Å². The molecule has 1 aliphatic heterocycles. The second-order valence-electron chi connectivity index (χ2n) is 3.56. The molecule has 3 unspecified atom stereocenters. The van der Waals surface area contributed by atoms with Gasteiger partial charge >= 0.3 is 28.7 Å². The van der Waals surface area contributed by atoms with Crippen LogP contribution in [0.15, 0.2) is 0 Å². The molecule has 0 aromatic rings. The third kappa shape index (κ3) is 4.76. The second kappa shape index (κ2) is 8.22. The summed E-state index contributed by atoms with van der Waals surface area (Å²) in [6, 6.07) is 0. The third-order valence-corrected chi connectivity index (χ3v) is 6.65. The van der Waals surface area contributed by atoms with Gasteiger partial charge < -0.3 is 41.8 Å². The molecule has 1 fully saturated rings. The predicted molar refractivity (Wildman–Crippen MR) is 62.3 cm³/mol. The molecule has 0 aliphatic carbocycles. The average Bonchev–Trinajstić information content (AvgIpc) is 2.25. The molecule has 1 rings (SSSR count). The van der Waals surface area contributed by atoms with E-state index in [1.165, 1.54) is 0 Å². The Balaban J connectivity index is -0.000000750. The molecule has 0 amide bonds. The monoisotopic (exact) mass is 485 g/mol. The van der Waals surface area contributed by atoms with Crippen LogP contribution >= 0.6 is 15.2 Å². The van der Waals surface area contributed by atoms with E-state index in [2.05, 4.69) is 5.32 Å². The summed E-state index contributed by atoms with van der Waals surface area (Å²) in [5.41, 5.74) is 0. The third-order valence-electron chi connectivity index (χ3n) is 2.47. The van der Waals surface area contributed by atoms with Crippen LogP contribution in [0.1, 0.15) is 25.7 Å². The molecular weight excluding hydrogens is 467 g/mol. The van der Waals surface area contributed by atoms with Gasteiger partial charge in [0, 0.05) is 0 Å². The van der Waals surface area contributed by atoms with Crippen molar-refractivity contribution in [3.8, 4) is 0 Å². The van der Waals surface area contributed by atoms with Crippen LogP contribution in [0.5, 0.6) is 0 Å². The molecular formula is C6H18N3O6P2Pt-. The SMILES string of the molecule is O=P([O-])([OH2+])C1(P([O-])(O)=[OH+])CCCCC[N-]1.[NH2-].[NH2-].[Pt+2]. The van der Waals surface area contributed by atoms with Crippen LogP contribution < -0.4 is 9.79 Å². The fraction of sp³-hybridized carbons (Fsp3) is 1.00. The van der Waals surface area contributed by atoms with E-state index in [4.69, 9.17) is 14.4 Å². The van der Waals surface area contributed by atoms with Gasteiger partial charge in [0.05, 0.1) is 0 Å². The number of nitrogens with two attached hydrogens (primary N) is 2. The van der Waals surface area contributed by atoms with E-state index in [0.29, 0.717) is 19.3 Å². The molecule has 0 aromatic carbocycles. The van der Waals surface area contributed by atoms with Crippen LogP contribution in [0, 0.1) is 0 Å². The molecule has 0 aromatic heterocycles. The van der Waals surface area contributed by atoms with Crippen LogP contribution in [0.25, 0.3) is 17.6 Å². The molecule has 0 spiro atoms. The summed E-state index contributed by atoms with van der Waals surface area (Å²) in [5.74, 6) is 0. The first-order valence-electron chi connectivity index (χ1n) is 4.51. The van der Waals surface area contributed by atoms with Gasteiger partial charge in [-0.1, -0.05) is 19.3 Å². The fourth-order valence-corrected chi connectivity index (χ4v) is 4.48. The van der Waals surface area contributed by atoms with Crippen molar-refractivity contribution in [3.05, 3.63) is 17.6 Å². The Morgan fingerprint density at radius 2 is 1.78 bits per heavy atom. The van der Waals surface area contributed by atoms with Crippen molar-refractivity contribution in [3.63, 3.8) is 0 Å². The first-order valence-corrected chi connectivity index (χ1v) is 7.75. The van der Waals surface area contributed by atoms with Crippen molar-refractivity contribution in [2.45, 2.75) is 30.7 Å². The van der Waals surface area contributed by atoms with Crippen molar-refractivity contribution < 1.29 is 49.8 Å². The minimum atomic E-state index is -4.95. The zero-order chi connectivity index (χ0) is 11.7. The predicted octanol–water partition coefficient (Wildman–Crippen LogP) is 0.785. The summed E-state index contributed by atoms with van der Waals surface area (Å²) in [6.07, 6.45) is 1.37. The Morgan fingerprint density at radius 1 is 1.28 bits per heavy atom. The number of rotatable bonds is 2. The Labute approximate surface area is 120 Å². The Bertz CT molecular complexity index is 299. The van der Waals surface area contributed by atoms with E-state index in [0.717, 1.165) is 0 Å². The quantitative estimate of drug-likeness (QED) is 0.444. The summed E-state index contributed by atoms with van der Waals surface area (Å²) in [6.45, 7) is 0.0796. The summed E-state index contributed by atoms with van der Waals surface area (Å²) in [5, 5.41) is 1.07. The number of hydrogen-bond donors (Lipinski definition) is 1. The first kappa shape index (κ1) is 23.9. The van der Waals surface area contributed by atoms with Gasteiger partial charge in [-0.25, -0.2) is 0 Å². The Morgan fingerprint density at radius 3 is 2.17 bits per heavy atom. The molecule has 9 nitrogen and oxygen atoms in total. The van der Waals surface area contributed by atoms with E-state index >= 15 is 0 Å². The van der Waals surface area contributed by atoms with Crippen molar-refractivity contribution in [2.75, 3.05) is 6.54 Å². The number of nitrogens with zero attached hydrogens (tertiary/aromatic N) is 1. The molecule has 8 N–H and O–H groups in total. The smallest absolute Gasteiger partial charge is 0.737 e. The minimum Gasteiger partial charge on any atom is -0.737 e. The molecule has 0 radical (unpaired) electrons. The molecule has 0 saturated carbocycles. The summed E-state index contributed by atoms with van der Waals surface area (Å²) >= 11 is 0. The normalized spacial score (nSPS) is 30.2. The fourth-order valence-electron chi connectivity index (χ4n) is 1.64. The standard InChI is InChI=1S/C6H14NO6P2.2H2N.Pt/c8-14(9,10)6(15(11,12)13)4-2-1-3-5-7-6;;;/h1-5H2,(H2,8,9,10)(H2,11,12,13);2*1H2;/q3*-1;+2. The van der Waals surface area contributed by atoms with Gasteiger partial charge in [-0.3, -0.25) is 4.57 Å². The average molecular weight is 485 g/mol. The van der Waals surface area contributed by atoms with Gasteiger partial charge in [-0.2, -0.15) is 0 Å². The maximum absolute atomic E-state index is 11.2. The zero-order valence-corrected chi connectivity index (χ0v) is 13.5. The van der Waals surface area contributed by atoms with Crippen LogP contribution in [-0.4, -0.2) is 25.9 Å². The zero-order valence-electron chi connectivity index (χ0n) is 9.47. The van der Waals surface area contributed by atoms with Crippen molar-refractivity contribution in [1.82, 2.24) is 0 Å². The van der Waals surface area contributed by atoms with E-state index in [1.807, 2.05) is 0 Å². The van der Waals surface area contributed by atoms with Crippen LogP contribution in [0.4, 0.5) is 0 Å². The van der Waals surface area contributed by atoms with Gasteiger partial charge in [0.15, 0.2) is 0 Å². The van der Waals surface area contributed by atoms with Crippen molar-refractivity contribution in [2.24, 2.45) is 0 Å². The summed E-state index contributed by atoms with van der Waals surface area (Å²) in [7, 11) is -9.90. The molecule has 114 valence electrons. The topological polar surface area (TPSA) is 209 Å². The Hall–Kier alpha value is 0.868. The number of hydrogen-bond acceptors (Lipinski definition) is 3. The minimum absolute atomic E-state index is 0. The van der Waals surface area contributed by atoms with Crippen molar-refractivity contribution in [1.29, 1.82) is 0 Å². The Kier molecular flexibility index (Phi) is 10.9. The van der Waals surface area contributed by atoms with Crippen LogP contribution in [0.3, 0.4) is 0 Å². The summed E-state index contributed by atoms with van der Waals surface area (Å²) in [4.78, 5) is 38.5. The second-order valence-corrected chi connectivity index (χ2v) is 7.59. The molecule has 0 bridgehead atoms. The molecule has 1 saturated heterocycles. The molecule has 1 heterocycles. The van der Waals surface area contributed by atoms with E-state index in [-0.39, 0.29) is 46.3 Å². The van der Waals surface area contributed by atoms with Crippen LogP contribution in [-0.2, 0) is 25.6 Å².